The first kappa shape index (κ1) is 55.0. The fourth-order valence-electron chi connectivity index (χ4n) is 4.49. The summed E-state index contributed by atoms with van der Waals surface area (Å²) in [6.07, 6.45) is 1.55. The average Bonchev–Trinajstić information content (AvgIpc) is 3.09. The van der Waals surface area contributed by atoms with Crippen LogP contribution in [0.2, 0.25) is 0 Å². The smallest absolute Gasteiger partial charge is 0.744 e. The van der Waals surface area contributed by atoms with Crippen LogP contribution >= 0.6 is 7.92 Å². The third kappa shape index (κ3) is 16.9. The SMILES string of the molecule is Cc1cc[c-]cc1.Fc1c[c-]c(-c2ccccn2)c(F)c1.O=S(=O)([O-])c1ccc([PH+](c2ccc(S(=O)(=O)[O-])cc2)c2ccc(S(=O)(=O)[O-])cc2)cc1.[Na+].[Na+].[Na+].[Pt+2]. The van der Waals surface area contributed by atoms with Crippen LogP contribution in [0.15, 0.2) is 148 Å². The van der Waals surface area contributed by atoms with Crippen molar-refractivity contribution in [2.45, 2.75) is 21.6 Å². The van der Waals surface area contributed by atoms with Crippen LogP contribution in [0.4, 0.5) is 8.78 Å². The van der Waals surface area contributed by atoms with E-state index in [0.717, 1.165) is 48.5 Å². The predicted octanol–water partition coefficient (Wildman–Crippen LogP) is -4.48. The summed E-state index contributed by atoms with van der Waals surface area (Å²) in [6.45, 7) is 2.06. The molecule has 1 aromatic heterocycles. The summed E-state index contributed by atoms with van der Waals surface area (Å²) < 4.78 is 127. The summed E-state index contributed by atoms with van der Waals surface area (Å²) in [5.74, 6) is -1.29. The molecule has 0 aliphatic carbocycles. The summed E-state index contributed by atoms with van der Waals surface area (Å²) in [6, 6.07) is 35.7. The Labute approximate surface area is 407 Å². The van der Waals surface area contributed by atoms with Gasteiger partial charge in [-0.3, -0.25) is 8.78 Å². The van der Waals surface area contributed by atoms with Gasteiger partial charge >= 0.3 is 110 Å². The van der Waals surface area contributed by atoms with Gasteiger partial charge in [0.15, 0.2) is 0 Å². The molecule has 0 bridgehead atoms. The van der Waals surface area contributed by atoms with Gasteiger partial charge in [-0.15, -0.1) is 12.1 Å². The van der Waals surface area contributed by atoms with Crippen molar-refractivity contribution in [2.75, 3.05) is 0 Å². The van der Waals surface area contributed by atoms with Crippen LogP contribution in [0, 0.1) is 30.7 Å². The van der Waals surface area contributed by atoms with Gasteiger partial charge < -0.3 is 18.6 Å². The Balaban J connectivity index is 0.00000100. The van der Waals surface area contributed by atoms with E-state index in [9.17, 15) is 47.7 Å². The molecule has 0 atom stereocenters. The van der Waals surface area contributed by atoms with E-state index in [-0.39, 0.29) is 115 Å². The minimum atomic E-state index is -4.66. The van der Waals surface area contributed by atoms with Gasteiger partial charge in [-0.25, -0.2) is 25.3 Å². The molecule has 6 aromatic rings. The van der Waals surface area contributed by atoms with Crippen LogP contribution in [-0.2, 0) is 51.4 Å². The maximum atomic E-state index is 13.2. The Kier molecular flexibility index (Phi) is 24.4. The zero-order chi connectivity index (χ0) is 38.1. The Hall–Kier alpha value is -1.04. The van der Waals surface area contributed by atoms with Crippen molar-refractivity contribution in [3.63, 3.8) is 0 Å². The van der Waals surface area contributed by atoms with E-state index in [4.69, 9.17) is 0 Å². The molecule has 0 fully saturated rings. The van der Waals surface area contributed by atoms with Crippen molar-refractivity contribution in [1.82, 2.24) is 4.98 Å². The van der Waals surface area contributed by atoms with Crippen LogP contribution in [0.25, 0.3) is 11.3 Å². The number of hydrogen-bond donors (Lipinski definition) is 0. The van der Waals surface area contributed by atoms with Crippen LogP contribution in [-0.4, -0.2) is 43.9 Å². The first-order valence-electron chi connectivity index (χ1n) is 14.7. The second-order valence-electron chi connectivity index (χ2n) is 10.6. The van der Waals surface area contributed by atoms with Crippen molar-refractivity contribution < 1.29 is 157 Å². The van der Waals surface area contributed by atoms with E-state index in [1.54, 1.807) is 24.4 Å². The fourth-order valence-corrected chi connectivity index (χ4v) is 8.40. The monoisotopic (exact) mass is 1040 g/mol. The number of hydrogen-bond acceptors (Lipinski definition) is 10. The van der Waals surface area contributed by atoms with E-state index in [1.807, 2.05) is 24.3 Å². The molecule has 10 nitrogen and oxygen atoms in total. The second-order valence-corrected chi connectivity index (χ2v) is 17.3. The van der Waals surface area contributed by atoms with E-state index >= 15 is 0 Å². The summed E-state index contributed by atoms with van der Waals surface area (Å²) in [4.78, 5) is 2.65. The Bertz CT molecular complexity index is 2280. The molecule has 5 aromatic carbocycles. The molecule has 0 radical (unpaired) electrons. The molecule has 0 saturated heterocycles. The summed E-state index contributed by atoms with van der Waals surface area (Å²) >= 11 is 0. The Morgan fingerprint density at radius 1 is 0.607 bits per heavy atom. The van der Waals surface area contributed by atoms with Crippen molar-refractivity contribution in [3.05, 3.63) is 163 Å². The number of nitrogens with zero attached hydrogens (tertiary/aromatic N) is 1. The molecule has 0 aliphatic rings. The largest absolute Gasteiger partial charge is 2.00 e. The number of aryl methyl sites for hydroxylation is 1. The van der Waals surface area contributed by atoms with Crippen molar-refractivity contribution in [3.8, 4) is 11.3 Å². The van der Waals surface area contributed by atoms with Gasteiger partial charge in [0.2, 0.25) is 0 Å². The molecule has 0 N–H and O–H groups in total. The number of aromatic nitrogens is 1. The summed E-state index contributed by atoms with van der Waals surface area (Å²) in [5.41, 5.74) is 1.93. The van der Waals surface area contributed by atoms with Crippen LogP contribution in [0.3, 0.4) is 0 Å². The van der Waals surface area contributed by atoms with Gasteiger partial charge in [0.25, 0.3) is 0 Å². The van der Waals surface area contributed by atoms with Crippen LogP contribution < -0.4 is 105 Å². The fraction of sp³-hybridized carbons (Fsp3) is 0.0278. The Morgan fingerprint density at radius 2 is 1.00 bits per heavy atom. The maximum Gasteiger partial charge on any atom is 2.00 e. The third-order valence-electron chi connectivity index (χ3n) is 6.96. The molecule has 0 unspecified atom stereocenters. The number of rotatable bonds is 7. The zero-order valence-electron chi connectivity index (χ0n) is 30.1. The first-order chi connectivity index (χ1) is 24.4. The van der Waals surface area contributed by atoms with Gasteiger partial charge in [-0.05, 0) is 84.6 Å². The third-order valence-corrected chi connectivity index (χ3v) is 12.2. The standard InChI is InChI=1S/C18H15O9PS3.C11H6F2N.C7H7.3Na.Pt/c19-29(20,21)16-7-1-13(2-8-16)28(14-3-9-17(10-4-14)30(22,23)24)15-5-11-18(12-6-15)31(25,26)27;12-8-4-5-9(10(13)7-8)11-3-1-2-6-14-11;1-7-5-3-2-4-6-7;;;;/h1-12H,(H,19,20,21)(H,22,23,24)(H,25,26,27);1-4,6-7H;3-6H,1H3;;;;/q;2*-1;3*+1;+2/p-2. The van der Waals surface area contributed by atoms with E-state index in [2.05, 4.69) is 24.0 Å². The van der Waals surface area contributed by atoms with E-state index in [1.165, 1.54) is 42.0 Å². The van der Waals surface area contributed by atoms with Gasteiger partial charge in [0.05, 0.1) is 22.6 Å². The number of halogens is 2. The molecule has 0 aliphatic heterocycles. The van der Waals surface area contributed by atoms with Gasteiger partial charge in [0, 0.05) is 17.8 Å². The minimum Gasteiger partial charge on any atom is -0.744 e. The maximum absolute atomic E-state index is 13.2. The van der Waals surface area contributed by atoms with E-state index < -0.39 is 64.6 Å². The van der Waals surface area contributed by atoms with Crippen molar-refractivity contribution >= 4 is 54.2 Å². The van der Waals surface area contributed by atoms with Crippen LogP contribution in [0.5, 0.6) is 0 Å². The minimum absolute atomic E-state index is 0. The molecular weight excluding hydrogens is 1020 g/mol. The molecule has 0 spiro atoms. The van der Waals surface area contributed by atoms with Gasteiger partial charge in [0.1, 0.15) is 46.3 Å². The number of benzene rings is 5. The topological polar surface area (TPSA) is 184 Å². The quantitative estimate of drug-likeness (QED) is 0.0655. The zero-order valence-corrected chi connectivity index (χ0v) is 41.8. The molecule has 1 heterocycles. The normalized spacial score (nSPS) is 10.7. The summed E-state index contributed by atoms with van der Waals surface area (Å²) in [5, 5.41) is 1.77. The summed E-state index contributed by atoms with van der Waals surface area (Å²) in [7, 11) is -15.9. The van der Waals surface area contributed by atoms with Crippen molar-refractivity contribution in [2.24, 2.45) is 0 Å². The van der Waals surface area contributed by atoms with Crippen molar-refractivity contribution in [1.29, 1.82) is 0 Å². The van der Waals surface area contributed by atoms with Crippen LogP contribution in [0.1, 0.15) is 5.56 Å². The number of pyridine rings is 1. The molecule has 0 amide bonds. The predicted molar refractivity (Wildman–Crippen MR) is 189 cm³/mol. The molecule has 0 saturated carbocycles. The molecular formula is C36H26F2NNa3O9PPtS3+. The molecule has 6 rings (SSSR count). The average molecular weight is 1050 g/mol. The second kappa shape index (κ2) is 24.9. The Morgan fingerprint density at radius 3 is 1.29 bits per heavy atom. The molecule has 20 heteroatoms. The van der Waals surface area contributed by atoms with Gasteiger partial charge in [-0.2, -0.15) is 35.9 Å². The first-order valence-corrected chi connectivity index (χ1v) is 20.4. The van der Waals surface area contributed by atoms with E-state index in [0.29, 0.717) is 21.6 Å². The molecule has 56 heavy (non-hydrogen) atoms. The molecule has 278 valence electrons. The van der Waals surface area contributed by atoms with Gasteiger partial charge in [-0.1, -0.05) is 30.7 Å².